The van der Waals surface area contributed by atoms with Crippen LogP contribution in [0.25, 0.3) is 11.4 Å². The molecule has 1 amide bonds. The number of hydrogen-bond donors (Lipinski definition) is 1. The van der Waals surface area contributed by atoms with Crippen molar-refractivity contribution in [3.05, 3.63) is 54.7 Å². The predicted molar refractivity (Wildman–Crippen MR) is 115 cm³/mol. The van der Waals surface area contributed by atoms with Gasteiger partial charge in [-0.15, -0.1) is 0 Å². The number of nitrogens with one attached hydrogen (secondary N) is 1. The fourth-order valence-corrected chi connectivity index (χ4v) is 3.52. The molecule has 1 aliphatic rings. The van der Waals surface area contributed by atoms with Gasteiger partial charge in [-0.1, -0.05) is 12.8 Å². The van der Waals surface area contributed by atoms with Crippen LogP contribution in [0.15, 0.2) is 49.2 Å². The van der Waals surface area contributed by atoms with Crippen molar-refractivity contribution in [3.8, 4) is 28.8 Å². The molecule has 3 aromatic rings. The number of aromatic nitrogens is 4. The molecule has 32 heavy (non-hydrogen) atoms. The van der Waals surface area contributed by atoms with Crippen LogP contribution < -0.4 is 14.8 Å². The summed E-state index contributed by atoms with van der Waals surface area (Å²) in [7, 11) is 0. The summed E-state index contributed by atoms with van der Waals surface area (Å²) in [6, 6.07) is 4.80. The van der Waals surface area contributed by atoms with Crippen LogP contribution in [0.4, 0.5) is 4.39 Å². The van der Waals surface area contributed by atoms with Crippen molar-refractivity contribution in [1.82, 2.24) is 25.3 Å². The number of amides is 1. The molecule has 1 saturated carbocycles. The Morgan fingerprint density at radius 3 is 2.75 bits per heavy atom. The highest BCUT2D eigenvalue weighted by Crippen LogP contribution is 2.30. The molecule has 0 spiro atoms. The molecule has 1 N–H and O–H groups in total. The number of carbonyl (C=O) groups is 1. The van der Waals surface area contributed by atoms with E-state index in [2.05, 4.69) is 25.3 Å². The summed E-state index contributed by atoms with van der Waals surface area (Å²) >= 11 is 0. The molecule has 0 radical (unpaired) electrons. The van der Waals surface area contributed by atoms with Crippen molar-refractivity contribution in [3.63, 3.8) is 0 Å². The molecule has 9 heteroatoms. The maximum absolute atomic E-state index is 14.0. The minimum atomic E-state index is -1.01. The molecule has 3 aromatic heterocycles. The van der Waals surface area contributed by atoms with Crippen molar-refractivity contribution < 1.29 is 18.7 Å². The molecule has 0 aromatic carbocycles. The van der Waals surface area contributed by atoms with Gasteiger partial charge in [-0.05, 0) is 38.0 Å². The number of nitrogens with zero attached hydrogens (tertiary/aromatic N) is 4. The zero-order chi connectivity index (χ0) is 22.3. The number of alkyl halides is 1. The molecule has 4 rings (SSSR count). The van der Waals surface area contributed by atoms with E-state index in [1.807, 2.05) is 6.92 Å². The standard InChI is InChI=1S/C23H24FN5O3/c1-2-31-20-8-5-9-26-23(20)32-17-10-15(11-25-14-17)21-27-12-16(13-28-21)22(30)29-19-7-4-3-6-18(19)24/h5,8-14,18-19H,2-4,6-7H2,1H3,(H,29,30)/t18-,19+/m0/s1. The molecule has 0 unspecified atom stereocenters. The number of pyridine rings is 2. The van der Waals surface area contributed by atoms with E-state index in [9.17, 15) is 9.18 Å². The Bertz CT molecular complexity index is 1060. The third-order valence-corrected chi connectivity index (χ3v) is 5.13. The van der Waals surface area contributed by atoms with Crippen LogP contribution in [0.3, 0.4) is 0 Å². The smallest absolute Gasteiger partial charge is 0.262 e. The Morgan fingerprint density at radius 1 is 1.16 bits per heavy atom. The molecule has 0 aliphatic heterocycles. The first-order valence-electron chi connectivity index (χ1n) is 10.6. The summed E-state index contributed by atoms with van der Waals surface area (Å²) in [5, 5.41) is 2.75. The maximum atomic E-state index is 14.0. The summed E-state index contributed by atoms with van der Waals surface area (Å²) in [5.74, 6) is 1.31. The normalized spacial score (nSPS) is 18.1. The molecule has 1 fully saturated rings. The highest BCUT2D eigenvalue weighted by molar-refractivity contribution is 5.94. The van der Waals surface area contributed by atoms with E-state index < -0.39 is 12.2 Å². The van der Waals surface area contributed by atoms with Gasteiger partial charge in [0.15, 0.2) is 11.6 Å². The fraction of sp³-hybridized carbons (Fsp3) is 0.348. The van der Waals surface area contributed by atoms with Gasteiger partial charge in [0.2, 0.25) is 0 Å². The van der Waals surface area contributed by atoms with Gasteiger partial charge in [0.25, 0.3) is 11.8 Å². The topological polar surface area (TPSA) is 99.1 Å². The van der Waals surface area contributed by atoms with E-state index in [0.29, 0.717) is 48.2 Å². The Kier molecular flexibility index (Phi) is 6.84. The largest absolute Gasteiger partial charge is 0.488 e. The van der Waals surface area contributed by atoms with Gasteiger partial charge in [-0.2, -0.15) is 0 Å². The van der Waals surface area contributed by atoms with E-state index >= 15 is 0 Å². The lowest BCUT2D eigenvalue weighted by atomic mass is 9.93. The third kappa shape index (κ3) is 5.16. The average Bonchev–Trinajstić information content (AvgIpc) is 2.82. The molecule has 1 aliphatic carbocycles. The van der Waals surface area contributed by atoms with Crippen molar-refractivity contribution in [1.29, 1.82) is 0 Å². The van der Waals surface area contributed by atoms with E-state index in [0.717, 1.165) is 12.8 Å². The van der Waals surface area contributed by atoms with E-state index in [4.69, 9.17) is 9.47 Å². The van der Waals surface area contributed by atoms with Crippen LogP contribution in [-0.4, -0.2) is 44.7 Å². The van der Waals surface area contributed by atoms with Gasteiger partial charge < -0.3 is 14.8 Å². The van der Waals surface area contributed by atoms with E-state index in [1.165, 1.54) is 12.4 Å². The van der Waals surface area contributed by atoms with E-state index in [-0.39, 0.29) is 11.5 Å². The molecule has 0 bridgehead atoms. The zero-order valence-corrected chi connectivity index (χ0v) is 17.7. The SMILES string of the molecule is CCOc1cccnc1Oc1cncc(-c2ncc(C(=O)N[C@@H]3CCCC[C@@H]3F)cn2)c1. The van der Waals surface area contributed by atoms with Gasteiger partial charge >= 0.3 is 0 Å². The summed E-state index contributed by atoms with van der Waals surface area (Å²) in [6.07, 6.45) is 9.49. The minimum absolute atomic E-state index is 0.279. The molecule has 0 saturated heterocycles. The first-order chi connectivity index (χ1) is 15.6. The van der Waals surface area contributed by atoms with E-state index in [1.54, 1.807) is 36.8 Å². The van der Waals surface area contributed by atoms with Crippen LogP contribution >= 0.6 is 0 Å². The summed E-state index contributed by atoms with van der Waals surface area (Å²) < 4.78 is 25.3. The Balaban J connectivity index is 1.46. The van der Waals surface area contributed by atoms with Crippen molar-refractivity contribution >= 4 is 5.91 Å². The molecule has 2 atom stereocenters. The number of halogens is 1. The van der Waals surface area contributed by atoms with Crippen LogP contribution in [-0.2, 0) is 0 Å². The van der Waals surface area contributed by atoms with Crippen LogP contribution in [0.1, 0.15) is 43.0 Å². The Morgan fingerprint density at radius 2 is 1.97 bits per heavy atom. The van der Waals surface area contributed by atoms with Gasteiger partial charge in [-0.25, -0.2) is 19.3 Å². The van der Waals surface area contributed by atoms with Crippen molar-refractivity contribution in [2.24, 2.45) is 0 Å². The van der Waals surface area contributed by atoms with Crippen LogP contribution in [0.2, 0.25) is 0 Å². The van der Waals surface area contributed by atoms with Crippen LogP contribution in [0.5, 0.6) is 17.4 Å². The second kappa shape index (κ2) is 10.1. The molecular formula is C23H24FN5O3. The van der Waals surface area contributed by atoms with Crippen LogP contribution in [0, 0.1) is 0 Å². The number of hydrogen-bond acceptors (Lipinski definition) is 7. The number of ether oxygens (including phenoxy) is 2. The maximum Gasteiger partial charge on any atom is 0.262 e. The van der Waals surface area contributed by atoms with Crippen molar-refractivity contribution in [2.45, 2.75) is 44.8 Å². The lowest BCUT2D eigenvalue weighted by molar-refractivity contribution is 0.0883. The van der Waals surface area contributed by atoms with Gasteiger partial charge in [0.05, 0.1) is 24.4 Å². The summed E-state index contributed by atoms with van der Waals surface area (Å²) in [4.78, 5) is 29.4. The summed E-state index contributed by atoms with van der Waals surface area (Å²) in [6.45, 7) is 2.37. The minimum Gasteiger partial charge on any atom is -0.488 e. The first-order valence-corrected chi connectivity index (χ1v) is 10.6. The van der Waals surface area contributed by atoms with Crippen molar-refractivity contribution in [2.75, 3.05) is 6.61 Å². The average molecular weight is 437 g/mol. The Labute approximate surface area is 185 Å². The lowest BCUT2D eigenvalue weighted by Crippen LogP contribution is -2.43. The molecule has 166 valence electrons. The van der Waals surface area contributed by atoms with Gasteiger partial charge in [0, 0.05) is 30.4 Å². The number of carbonyl (C=O) groups excluding carboxylic acids is 1. The monoisotopic (exact) mass is 437 g/mol. The summed E-state index contributed by atoms with van der Waals surface area (Å²) in [5.41, 5.74) is 0.890. The number of rotatable bonds is 7. The third-order valence-electron chi connectivity index (χ3n) is 5.13. The first kappa shape index (κ1) is 21.6. The lowest BCUT2D eigenvalue weighted by Gasteiger charge is -2.26. The molecular weight excluding hydrogens is 413 g/mol. The fourth-order valence-electron chi connectivity index (χ4n) is 3.52. The zero-order valence-electron chi connectivity index (χ0n) is 17.7. The van der Waals surface area contributed by atoms with Gasteiger partial charge in [0.1, 0.15) is 11.9 Å². The second-order valence-electron chi connectivity index (χ2n) is 7.43. The quantitative estimate of drug-likeness (QED) is 0.593. The Hall–Kier alpha value is -3.62. The molecule has 8 nitrogen and oxygen atoms in total. The molecule has 3 heterocycles. The second-order valence-corrected chi connectivity index (χ2v) is 7.43. The van der Waals surface area contributed by atoms with Gasteiger partial charge in [-0.3, -0.25) is 9.78 Å². The highest BCUT2D eigenvalue weighted by atomic mass is 19.1. The predicted octanol–water partition coefficient (Wildman–Crippen LogP) is 4.14. The highest BCUT2D eigenvalue weighted by Gasteiger charge is 2.26.